The van der Waals surface area contributed by atoms with E-state index in [-0.39, 0.29) is 17.5 Å². The van der Waals surface area contributed by atoms with Crippen LogP contribution in [0.5, 0.6) is 0 Å². The molecule has 0 fully saturated rings. The monoisotopic (exact) mass is 375 g/mol. The number of nitrogens with zero attached hydrogens (tertiary/aromatic N) is 1. The Labute approximate surface area is 155 Å². The first-order valence-electron chi connectivity index (χ1n) is 8.59. The lowest BCUT2D eigenvalue weighted by molar-refractivity contribution is -0.145. The zero-order valence-electron chi connectivity index (χ0n) is 15.5. The fourth-order valence-corrected chi connectivity index (χ4v) is 3.91. The summed E-state index contributed by atoms with van der Waals surface area (Å²) in [6.07, 6.45) is -0.313. The summed E-state index contributed by atoms with van der Waals surface area (Å²) in [5.74, 6) is -0.262. The van der Waals surface area contributed by atoms with Crippen molar-refractivity contribution in [2.45, 2.75) is 44.6 Å². The van der Waals surface area contributed by atoms with Crippen LogP contribution < -0.4 is 4.31 Å². The number of rotatable bonds is 7. The van der Waals surface area contributed by atoms with Crippen molar-refractivity contribution in [1.82, 2.24) is 0 Å². The molecule has 5 nitrogen and oxygen atoms in total. The van der Waals surface area contributed by atoms with Crippen molar-refractivity contribution >= 4 is 21.7 Å². The number of sulfonamides is 1. The van der Waals surface area contributed by atoms with Gasteiger partial charge in [0.15, 0.2) is 0 Å². The minimum absolute atomic E-state index is 0.130. The number of hydrogen-bond acceptors (Lipinski definition) is 4. The minimum atomic E-state index is -3.89. The maximum atomic E-state index is 13.1. The summed E-state index contributed by atoms with van der Waals surface area (Å²) >= 11 is 0. The highest BCUT2D eigenvalue weighted by molar-refractivity contribution is 7.92. The van der Waals surface area contributed by atoms with E-state index in [0.29, 0.717) is 11.6 Å². The molecule has 0 radical (unpaired) electrons. The van der Waals surface area contributed by atoms with E-state index in [4.69, 9.17) is 4.74 Å². The quantitative estimate of drug-likeness (QED) is 0.687. The largest absolute Gasteiger partial charge is 0.462 e. The fourth-order valence-electron chi connectivity index (χ4n) is 2.48. The molecule has 2 aromatic carbocycles. The lowest BCUT2D eigenvalue weighted by atomic mass is 10.0. The Kier molecular flexibility index (Phi) is 6.42. The third-order valence-electron chi connectivity index (χ3n) is 3.82. The number of hydrogen-bond donors (Lipinski definition) is 0. The van der Waals surface area contributed by atoms with Gasteiger partial charge in [-0.25, -0.2) is 8.42 Å². The Balaban J connectivity index is 2.43. The van der Waals surface area contributed by atoms with Crippen molar-refractivity contribution in [3.05, 3.63) is 60.2 Å². The van der Waals surface area contributed by atoms with Gasteiger partial charge in [0.1, 0.15) is 6.54 Å². The van der Waals surface area contributed by atoms with Crippen molar-refractivity contribution in [3.8, 4) is 0 Å². The molecule has 0 aliphatic rings. The summed E-state index contributed by atoms with van der Waals surface area (Å²) in [4.78, 5) is 12.3. The molecule has 0 saturated heterocycles. The molecule has 0 N–H and O–H groups in total. The summed E-state index contributed by atoms with van der Waals surface area (Å²) in [6.45, 7) is 7.20. The van der Waals surface area contributed by atoms with Gasteiger partial charge in [-0.05, 0) is 49.6 Å². The third-order valence-corrected chi connectivity index (χ3v) is 5.61. The molecular formula is C20H25NO4S. The van der Waals surface area contributed by atoms with Gasteiger partial charge in [0.2, 0.25) is 0 Å². The van der Waals surface area contributed by atoms with Crippen LogP contribution in [0.15, 0.2) is 59.5 Å². The Morgan fingerprint density at radius 2 is 1.54 bits per heavy atom. The lowest BCUT2D eigenvalue weighted by Crippen LogP contribution is -2.37. The molecule has 26 heavy (non-hydrogen) atoms. The van der Waals surface area contributed by atoms with Gasteiger partial charge in [-0.3, -0.25) is 9.10 Å². The lowest BCUT2D eigenvalue weighted by Gasteiger charge is -2.24. The Hall–Kier alpha value is -2.34. The van der Waals surface area contributed by atoms with Gasteiger partial charge in [-0.15, -0.1) is 0 Å². The van der Waals surface area contributed by atoms with Crippen LogP contribution in [0.3, 0.4) is 0 Å². The average Bonchev–Trinajstić information content (AvgIpc) is 2.60. The maximum Gasteiger partial charge on any atom is 0.327 e. The van der Waals surface area contributed by atoms with Gasteiger partial charge < -0.3 is 4.74 Å². The summed E-state index contributed by atoms with van der Waals surface area (Å²) < 4.78 is 32.4. The van der Waals surface area contributed by atoms with Crippen molar-refractivity contribution < 1.29 is 17.9 Å². The highest BCUT2D eigenvalue weighted by atomic mass is 32.2. The molecule has 0 spiro atoms. The Morgan fingerprint density at radius 3 is 2.04 bits per heavy atom. The molecule has 0 aromatic heterocycles. The van der Waals surface area contributed by atoms with E-state index in [0.717, 1.165) is 9.87 Å². The molecule has 0 saturated carbocycles. The molecule has 140 valence electrons. The Morgan fingerprint density at radius 1 is 0.962 bits per heavy atom. The number of esters is 1. The van der Waals surface area contributed by atoms with Crippen LogP contribution in [-0.4, -0.2) is 27.0 Å². The predicted molar refractivity (Wildman–Crippen MR) is 103 cm³/mol. The van der Waals surface area contributed by atoms with Crippen LogP contribution in [0, 0.1) is 0 Å². The van der Waals surface area contributed by atoms with Gasteiger partial charge in [-0.2, -0.15) is 0 Å². The molecule has 0 aliphatic carbocycles. The van der Waals surface area contributed by atoms with Gasteiger partial charge in [0.25, 0.3) is 10.0 Å². The maximum absolute atomic E-state index is 13.1. The molecule has 0 amide bonds. The van der Waals surface area contributed by atoms with Crippen molar-refractivity contribution in [1.29, 1.82) is 0 Å². The predicted octanol–water partition coefficient (Wildman–Crippen LogP) is 3.96. The molecule has 0 bridgehead atoms. The van der Waals surface area contributed by atoms with E-state index in [1.165, 1.54) is 12.1 Å². The van der Waals surface area contributed by atoms with Crippen molar-refractivity contribution in [2.75, 3.05) is 10.8 Å². The van der Waals surface area contributed by atoms with Gasteiger partial charge in [0, 0.05) is 0 Å². The van der Waals surface area contributed by atoms with Crippen LogP contribution in [0.4, 0.5) is 5.69 Å². The number of anilines is 1. The van der Waals surface area contributed by atoms with Gasteiger partial charge in [0.05, 0.1) is 16.7 Å². The highest BCUT2D eigenvalue weighted by Crippen LogP contribution is 2.26. The molecule has 0 heterocycles. The summed E-state index contributed by atoms with van der Waals surface area (Å²) in [7, 11) is -3.89. The van der Waals surface area contributed by atoms with Crippen LogP contribution in [0.1, 0.15) is 39.2 Å². The zero-order chi connectivity index (χ0) is 19.3. The molecule has 0 aliphatic heterocycles. The third kappa shape index (κ3) is 4.85. The summed E-state index contributed by atoms with van der Waals surface area (Å²) in [5.41, 5.74) is 1.52. The van der Waals surface area contributed by atoms with Crippen LogP contribution in [0.2, 0.25) is 0 Å². The molecule has 0 unspecified atom stereocenters. The van der Waals surface area contributed by atoms with Crippen LogP contribution >= 0.6 is 0 Å². The second kappa shape index (κ2) is 8.36. The van der Waals surface area contributed by atoms with Gasteiger partial charge in [-0.1, -0.05) is 44.2 Å². The number of ether oxygens (including phenoxy) is 1. The standard InChI is InChI=1S/C20H25NO4S/c1-15(2)17-10-12-18(13-11-17)21(14-20(22)25-16(3)4)26(23,24)19-8-6-5-7-9-19/h5-13,15-16H,14H2,1-4H3. The molecule has 0 atom stereocenters. The van der Waals surface area contributed by atoms with Crippen LogP contribution in [0.25, 0.3) is 0 Å². The molecule has 6 heteroatoms. The second-order valence-electron chi connectivity index (χ2n) is 6.61. The minimum Gasteiger partial charge on any atom is -0.462 e. The van der Waals surface area contributed by atoms with Crippen molar-refractivity contribution in [3.63, 3.8) is 0 Å². The van der Waals surface area contributed by atoms with E-state index in [1.807, 2.05) is 12.1 Å². The van der Waals surface area contributed by atoms with E-state index >= 15 is 0 Å². The summed E-state index contributed by atoms with van der Waals surface area (Å²) in [5, 5.41) is 0. The number of benzene rings is 2. The Bertz CT molecular complexity index is 828. The molecule has 2 aromatic rings. The SMILES string of the molecule is CC(C)OC(=O)CN(c1ccc(C(C)C)cc1)S(=O)(=O)c1ccccc1. The van der Waals surface area contributed by atoms with E-state index in [1.54, 1.807) is 44.2 Å². The first-order valence-corrected chi connectivity index (χ1v) is 10.0. The zero-order valence-corrected chi connectivity index (χ0v) is 16.4. The molecular weight excluding hydrogens is 350 g/mol. The second-order valence-corrected chi connectivity index (χ2v) is 8.47. The highest BCUT2D eigenvalue weighted by Gasteiger charge is 2.28. The summed E-state index contributed by atoms with van der Waals surface area (Å²) in [6, 6.07) is 15.3. The number of carbonyl (C=O) groups is 1. The fraction of sp³-hybridized carbons (Fsp3) is 0.350. The normalized spacial score (nSPS) is 11.6. The smallest absolute Gasteiger partial charge is 0.327 e. The first kappa shape index (κ1) is 20.0. The van der Waals surface area contributed by atoms with E-state index < -0.39 is 16.0 Å². The molecule has 2 rings (SSSR count). The average molecular weight is 375 g/mol. The van der Waals surface area contributed by atoms with Gasteiger partial charge >= 0.3 is 5.97 Å². The first-order chi connectivity index (χ1) is 12.2. The number of carbonyl (C=O) groups excluding carboxylic acids is 1. The van der Waals surface area contributed by atoms with Crippen LogP contribution in [-0.2, 0) is 19.6 Å². The van der Waals surface area contributed by atoms with Crippen molar-refractivity contribution in [2.24, 2.45) is 0 Å². The van der Waals surface area contributed by atoms with E-state index in [2.05, 4.69) is 13.8 Å². The van der Waals surface area contributed by atoms with E-state index in [9.17, 15) is 13.2 Å². The topological polar surface area (TPSA) is 63.7 Å².